The van der Waals surface area contributed by atoms with Gasteiger partial charge in [-0.1, -0.05) is 0 Å². The van der Waals surface area contributed by atoms with E-state index in [0.717, 1.165) is 12.1 Å². The van der Waals surface area contributed by atoms with Gasteiger partial charge in [0.1, 0.15) is 5.82 Å². The van der Waals surface area contributed by atoms with Crippen LogP contribution >= 0.6 is 34.8 Å². The summed E-state index contributed by atoms with van der Waals surface area (Å²) in [6.45, 7) is 0. The molecular weight excluding hydrogens is 258 g/mol. The Labute approximate surface area is 93.0 Å². The Morgan fingerprint density at radius 3 is 2.00 bits per heavy atom. The molecule has 0 aliphatic carbocycles. The van der Waals surface area contributed by atoms with Gasteiger partial charge in [0.05, 0.1) is 0 Å². The van der Waals surface area contributed by atoms with Crippen LogP contribution in [0.2, 0.25) is 0 Å². The van der Waals surface area contributed by atoms with Crippen LogP contribution in [0.15, 0.2) is 29.2 Å². The monoisotopic (exact) mass is 260 g/mol. The summed E-state index contributed by atoms with van der Waals surface area (Å²) in [5, 5.41) is 0. The van der Waals surface area contributed by atoms with E-state index in [2.05, 4.69) is 0 Å². The van der Waals surface area contributed by atoms with E-state index in [1.54, 1.807) is 0 Å². The van der Waals surface area contributed by atoms with E-state index < -0.39 is 20.1 Å². The van der Waals surface area contributed by atoms with Gasteiger partial charge in [-0.25, -0.2) is 4.39 Å². The summed E-state index contributed by atoms with van der Waals surface area (Å²) >= 11 is 14.4. The Morgan fingerprint density at radius 2 is 1.62 bits per heavy atom. The normalized spacial score (nSPS) is 14.2. The minimum absolute atomic E-state index is 0.279. The molecule has 1 aromatic carbocycles. The molecule has 0 amide bonds. The summed E-state index contributed by atoms with van der Waals surface area (Å²) in [5.41, 5.74) is 0. The molecule has 1 rings (SSSR count). The SMILES string of the molecule is [O-][S+](c1ccc(F)cc1)C(Cl)(Cl)Cl. The standard InChI is InChI=1S/C7H4Cl3FOS/c8-7(9,10)13(12)6-3-1-5(11)2-4-6/h1-4H. The van der Waals surface area contributed by atoms with Crippen molar-refractivity contribution in [1.29, 1.82) is 0 Å². The third kappa shape index (κ3) is 3.18. The molecule has 0 spiro atoms. The molecule has 1 nitrogen and oxygen atoms in total. The van der Waals surface area contributed by atoms with Gasteiger partial charge in [0.2, 0.25) is 0 Å². The van der Waals surface area contributed by atoms with E-state index in [-0.39, 0.29) is 4.90 Å². The highest BCUT2D eigenvalue weighted by Crippen LogP contribution is 2.37. The molecule has 1 atom stereocenters. The predicted octanol–water partition coefficient (Wildman–Crippen LogP) is 3.26. The van der Waals surface area contributed by atoms with Crippen molar-refractivity contribution in [3.05, 3.63) is 30.1 Å². The van der Waals surface area contributed by atoms with Gasteiger partial charge in [0, 0.05) is 11.2 Å². The van der Waals surface area contributed by atoms with Crippen LogP contribution in [0.5, 0.6) is 0 Å². The first-order valence-corrected chi connectivity index (χ1v) is 5.44. The zero-order valence-corrected chi connectivity index (χ0v) is 9.22. The van der Waals surface area contributed by atoms with E-state index in [1.165, 1.54) is 12.1 Å². The average Bonchev–Trinajstić information content (AvgIpc) is 2.03. The number of benzene rings is 1. The molecule has 72 valence electrons. The van der Waals surface area contributed by atoms with Crippen molar-refractivity contribution < 1.29 is 8.94 Å². The molecule has 0 aliphatic heterocycles. The lowest BCUT2D eigenvalue weighted by molar-refractivity contribution is 0.594. The number of hydrogen-bond donors (Lipinski definition) is 0. The fourth-order valence-electron chi connectivity index (χ4n) is 0.692. The zero-order chi connectivity index (χ0) is 10.1. The maximum atomic E-state index is 12.4. The fraction of sp³-hybridized carbons (Fsp3) is 0.143. The summed E-state index contributed by atoms with van der Waals surface area (Å²) in [4.78, 5) is 0.279. The molecule has 0 saturated carbocycles. The molecule has 1 unspecified atom stereocenters. The van der Waals surface area contributed by atoms with E-state index in [9.17, 15) is 8.94 Å². The number of hydrogen-bond acceptors (Lipinski definition) is 1. The Balaban J connectivity index is 2.90. The molecule has 0 heterocycles. The predicted molar refractivity (Wildman–Crippen MR) is 53.1 cm³/mol. The van der Waals surface area contributed by atoms with Crippen LogP contribution in [0.25, 0.3) is 0 Å². The number of alkyl halides is 3. The third-order valence-corrected chi connectivity index (χ3v) is 3.62. The van der Waals surface area contributed by atoms with Gasteiger partial charge in [-0.2, -0.15) is 0 Å². The van der Waals surface area contributed by atoms with Gasteiger partial charge in [-0.05, 0) is 59.1 Å². The number of halogens is 4. The van der Waals surface area contributed by atoms with E-state index >= 15 is 0 Å². The summed E-state index contributed by atoms with van der Waals surface area (Å²) in [7, 11) is 0. The van der Waals surface area contributed by atoms with Crippen LogP contribution in [0.3, 0.4) is 0 Å². The minimum atomic E-state index is -1.88. The largest absolute Gasteiger partial charge is 0.608 e. The second-order valence-electron chi connectivity index (χ2n) is 2.17. The average molecular weight is 262 g/mol. The van der Waals surface area contributed by atoms with Crippen LogP contribution in [-0.2, 0) is 11.2 Å². The molecule has 0 bridgehead atoms. The van der Waals surface area contributed by atoms with Gasteiger partial charge in [-0.15, -0.1) is 0 Å². The summed E-state index contributed by atoms with van der Waals surface area (Å²) < 4.78 is 21.9. The topological polar surface area (TPSA) is 23.1 Å². The summed E-state index contributed by atoms with van der Waals surface area (Å²) in [5.74, 6) is -0.426. The Bertz CT molecular complexity index is 285. The maximum absolute atomic E-state index is 12.4. The lowest BCUT2D eigenvalue weighted by Gasteiger charge is -2.16. The smallest absolute Gasteiger partial charge is 0.355 e. The Kier molecular flexibility index (Phi) is 3.72. The van der Waals surface area contributed by atoms with Crippen molar-refractivity contribution in [2.75, 3.05) is 0 Å². The molecular formula is C7H4Cl3FOS. The van der Waals surface area contributed by atoms with Crippen molar-refractivity contribution in [3.63, 3.8) is 0 Å². The van der Waals surface area contributed by atoms with E-state index in [0.29, 0.717) is 0 Å². The summed E-state index contributed by atoms with van der Waals surface area (Å²) in [6.07, 6.45) is 0. The zero-order valence-electron chi connectivity index (χ0n) is 6.14. The van der Waals surface area contributed by atoms with Crippen LogP contribution in [0, 0.1) is 5.82 Å². The van der Waals surface area contributed by atoms with Crippen molar-refractivity contribution in [2.45, 2.75) is 8.02 Å². The summed E-state index contributed by atoms with van der Waals surface area (Å²) in [6, 6.07) is 4.94. The first-order chi connectivity index (χ1) is 5.91. The van der Waals surface area contributed by atoms with Gasteiger partial charge in [0.25, 0.3) is 0 Å². The first-order valence-electron chi connectivity index (χ1n) is 3.15. The highest BCUT2D eigenvalue weighted by atomic mass is 35.6. The maximum Gasteiger partial charge on any atom is 0.355 e. The van der Waals surface area contributed by atoms with Gasteiger partial charge in [-0.3, -0.25) is 0 Å². The highest BCUT2D eigenvalue weighted by Gasteiger charge is 2.37. The molecule has 0 fully saturated rings. The second-order valence-corrected chi connectivity index (χ2v) is 6.74. The van der Waals surface area contributed by atoms with Crippen molar-refractivity contribution >= 4 is 46.0 Å². The molecule has 0 aromatic heterocycles. The minimum Gasteiger partial charge on any atom is -0.608 e. The van der Waals surface area contributed by atoms with Crippen LogP contribution in [-0.4, -0.2) is 7.68 Å². The molecule has 13 heavy (non-hydrogen) atoms. The van der Waals surface area contributed by atoms with E-state index in [4.69, 9.17) is 34.8 Å². The molecule has 0 radical (unpaired) electrons. The molecule has 0 aliphatic rings. The van der Waals surface area contributed by atoms with Crippen LogP contribution < -0.4 is 0 Å². The van der Waals surface area contributed by atoms with Crippen molar-refractivity contribution in [1.82, 2.24) is 0 Å². The van der Waals surface area contributed by atoms with E-state index in [1.807, 2.05) is 0 Å². The molecule has 6 heteroatoms. The van der Waals surface area contributed by atoms with Crippen LogP contribution in [0.4, 0.5) is 4.39 Å². The fourth-order valence-corrected chi connectivity index (χ4v) is 2.14. The van der Waals surface area contributed by atoms with Gasteiger partial charge < -0.3 is 4.55 Å². The van der Waals surface area contributed by atoms with Crippen molar-refractivity contribution in [3.8, 4) is 0 Å². The molecule has 1 aromatic rings. The Morgan fingerprint density at radius 1 is 1.15 bits per heavy atom. The van der Waals surface area contributed by atoms with Crippen molar-refractivity contribution in [2.24, 2.45) is 0 Å². The number of rotatable bonds is 1. The lowest BCUT2D eigenvalue weighted by Crippen LogP contribution is -2.19. The molecule has 0 saturated heterocycles. The van der Waals surface area contributed by atoms with Gasteiger partial charge >= 0.3 is 3.12 Å². The first kappa shape index (κ1) is 11.4. The Hall–Kier alpha value is 0.330. The quantitative estimate of drug-likeness (QED) is 0.562. The lowest BCUT2D eigenvalue weighted by atomic mass is 10.4. The van der Waals surface area contributed by atoms with Gasteiger partial charge in [0.15, 0.2) is 4.90 Å². The second kappa shape index (κ2) is 4.24. The highest BCUT2D eigenvalue weighted by molar-refractivity contribution is 7.97. The van der Waals surface area contributed by atoms with Crippen LogP contribution in [0.1, 0.15) is 0 Å². The molecule has 0 N–H and O–H groups in total. The third-order valence-electron chi connectivity index (χ3n) is 1.24.